The molecule has 0 aliphatic carbocycles. The second-order valence-corrected chi connectivity index (χ2v) is 5.87. The third-order valence-corrected chi connectivity index (χ3v) is 4.21. The number of carbonyl (C=O) groups excluding carboxylic acids is 1. The van der Waals surface area contributed by atoms with E-state index in [1.54, 1.807) is 24.3 Å². The summed E-state index contributed by atoms with van der Waals surface area (Å²) in [6.07, 6.45) is 3.36. The van der Waals surface area contributed by atoms with Crippen LogP contribution in [0.2, 0.25) is 0 Å². The number of carbonyl (C=O) groups is 1. The number of nitro benzene ring substituents is 1. The Morgan fingerprint density at radius 3 is 2.42 bits per heavy atom. The van der Waals surface area contributed by atoms with E-state index < -0.39 is 10.9 Å². The lowest BCUT2D eigenvalue weighted by atomic mass is 10.0. The number of ether oxygens (including phenoxy) is 1. The number of non-ortho nitro benzene ring substituents is 1. The first-order chi connectivity index (χ1) is 12.6. The molecule has 3 aromatic rings. The number of rotatable bonds is 3. The summed E-state index contributed by atoms with van der Waals surface area (Å²) in [5.41, 5.74) is 1.96. The minimum atomic E-state index is -0.459. The molecule has 0 fully saturated rings. The highest BCUT2D eigenvalue weighted by Gasteiger charge is 2.23. The van der Waals surface area contributed by atoms with E-state index in [0.717, 1.165) is 16.3 Å². The molecule has 0 saturated heterocycles. The summed E-state index contributed by atoms with van der Waals surface area (Å²) in [5.74, 6) is 0.0613. The lowest BCUT2D eigenvalue weighted by Gasteiger charge is -2.06. The zero-order valence-electron chi connectivity index (χ0n) is 13.6. The molecule has 3 aromatic carbocycles. The fourth-order valence-electron chi connectivity index (χ4n) is 2.93. The van der Waals surface area contributed by atoms with Gasteiger partial charge in [0, 0.05) is 17.7 Å². The zero-order valence-corrected chi connectivity index (χ0v) is 13.6. The van der Waals surface area contributed by atoms with Gasteiger partial charge in [-0.2, -0.15) is 0 Å². The van der Waals surface area contributed by atoms with Gasteiger partial charge in [0.1, 0.15) is 5.76 Å². The van der Waals surface area contributed by atoms with E-state index in [9.17, 15) is 14.9 Å². The van der Waals surface area contributed by atoms with Crippen molar-refractivity contribution in [3.05, 3.63) is 99.6 Å². The maximum absolute atomic E-state index is 12.2. The van der Waals surface area contributed by atoms with E-state index in [1.165, 1.54) is 12.1 Å². The lowest BCUT2D eigenvalue weighted by Crippen LogP contribution is -1.97. The molecule has 1 aliphatic rings. The van der Waals surface area contributed by atoms with Gasteiger partial charge in [0.15, 0.2) is 0 Å². The molecule has 1 heterocycles. The smallest absolute Gasteiger partial charge is 0.343 e. The molecule has 0 radical (unpaired) electrons. The van der Waals surface area contributed by atoms with Gasteiger partial charge in [-0.3, -0.25) is 10.1 Å². The molecule has 0 saturated carbocycles. The summed E-state index contributed by atoms with van der Waals surface area (Å²) in [6.45, 7) is 0. The van der Waals surface area contributed by atoms with Crippen molar-refractivity contribution in [1.29, 1.82) is 0 Å². The predicted octanol–water partition coefficient (Wildman–Crippen LogP) is 4.73. The van der Waals surface area contributed by atoms with Crippen LogP contribution in [0.1, 0.15) is 11.1 Å². The maximum atomic E-state index is 12.2. The average Bonchev–Trinajstić information content (AvgIpc) is 3.02. The van der Waals surface area contributed by atoms with Crippen molar-refractivity contribution >= 4 is 34.3 Å². The Bertz CT molecular complexity index is 1090. The number of fused-ring (bicyclic) bond motifs is 1. The van der Waals surface area contributed by atoms with Crippen LogP contribution in [0.4, 0.5) is 5.69 Å². The predicted molar refractivity (Wildman–Crippen MR) is 99.1 cm³/mol. The van der Waals surface area contributed by atoms with Gasteiger partial charge < -0.3 is 4.74 Å². The van der Waals surface area contributed by atoms with Crippen molar-refractivity contribution in [2.75, 3.05) is 0 Å². The van der Waals surface area contributed by atoms with E-state index in [1.807, 2.05) is 42.5 Å². The number of hydrogen-bond acceptors (Lipinski definition) is 4. The van der Waals surface area contributed by atoms with E-state index in [2.05, 4.69) is 0 Å². The van der Waals surface area contributed by atoms with E-state index in [-0.39, 0.29) is 5.69 Å². The molecule has 4 rings (SSSR count). The SMILES string of the molecule is O=C1OC(c2cccc3ccccc23)=C/C1=C/c1ccc([N+](=O)[O-])cc1. The zero-order chi connectivity index (χ0) is 18.1. The highest BCUT2D eigenvalue weighted by atomic mass is 16.6. The van der Waals surface area contributed by atoms with Crippen LogP contribution < -0.4 is 0 Å². The van der Waals surface area contributed by atoms with Crippen LogP contribution in [0.5, 0.6) is 0 Å². The van der Waals surface area contributed by atoms with Crippen molar-refractivity contribution in [1.82, 2.24) is 0 Å². The van der Waals surface area contributed by atoms with Gasteiger partial charge in [-0.05, 0) is 40.6 Å². The highest BCUT2D eigenvalue weighted by Crippen LogP contribution is 2.32. The van der Waals surface area contributed by atoms with Gasteiger partial charge >= 0.3 is 5.97 Å². The molecule has 126 valence electrons. The van der Waals surface area contributed by atoms with E-state index >= 15 is 0 Å². The molecule has 1 aliphatic heterocycles. The van der Waals surface area contributed by atoms with Crippen LogP contribution in [-0.2, 0) is 9.53 Å². The second-order valence-electron chi connectivity index (χ2n) is 5.87. The molecule has 26 heavy (non-hydrogen) atoms. The quantitative estimate of drug-likeness (QED) is 0.298. The van der Waals surface area contributed by atoms with Gasteiger partial charge in [-0.15, -0.1) is 0 Å². The van der Waals surface area contributed by atoms with Crippen LogP contribution in [0, 0.1) is 10.1 Å². The molecule has 0 amide bonds. The number of benzene rings is 3. The molecule has 0 N–H and O–H groups in total. The van der Waals surface area contributed by atoms with Crippen LogP contribution in [-0.4, -0.2) is 10.9 Å². The fraction of sp³-hybridized carbons (Fsp3) is 0. The molecular formula is C21H13NO4. The maximum Gasteiger partial charge on any atom is 0.343 e. The van der Waals surface area contributed by atoms with Crippen LogP contribution in [0.3, 0.4) is 0 Å². The molecule has 0 aromatic heterocycles. The Hall–Kier alpha value is -3.73. The molecule has 0 bridgehead atoms. The molecule has 5 heteroatoms. The van der Waals surface area contributed by atoms with Crippen LogP contribution >= 0.6 is 0 Å². The Balaban J connectivity index is 1.72. The van der Waals surface area contributed by atoms with Gasteiger partial charge in [0.05, 0.1) is 10.5 Å². The van der Waals surface area contributed by atoms with Crippen LogP contribution in [0.25, 0.3) is 22.6 Å². The summed E-state index contributed by atoms with van der Waals surface area (Å²) in [5, 5.41) is 12.8. The van der Waals surface area contributed by atoms with Crippen molar-refractivity contribution in [3.8, 4) is 0 Å². The summed E-state index contributed by atoms with van der Waals surface area (Å²) in [4.78, 5) is 22.5. The largest absolute Gasteiger partial charge is 0.422 e. The third-order valence-electron chi connectivity index (χ3n) is 4.21. The number of cyclic esters (lactones) is 1. The minimum Gasteiger partial charge on any atom is -0.422 e. The molecule has 0 unspecified atom stereocenters. The summed E-state index contributed by atoms with van der Waals surface area (Å²) in [6, 6.07) is 19.7. The van der Waals surface area contributed by atoms with Gasteiger partial charge in [0.2, 0.25) is 0 Å². The fourth-order valence-corrected chi connectivity index (χ4v) is 2.93. The summed E-state index contributed by atoms with van der Waals surface area (Å²) in [7, 11) is 0. The standard InChI is InChI=1S/C21H13NO4/c23-21-16(12-14-8-10-17(11-9-14)22(24)25)13-20(26-21)19-7-3-5-15-4-1-2-6-18(15)19/h1-13H/b16-12-. The van der Waals surface area contributed by atoms with E-state index in [0.29, 0.717) is 16.9 Å². The number of nitro groups is 1. The molecule has 5 nitrogen and oxygen atoms in total. The monoisotopic (exact) mass is 343 g/mol. The summed E-state index contributed by atoms with van der Waals surface area (Å²) < 4.78 is 5.45. The van der Waals surface area contributed by atoms with Crippen molar-refractivity contribution in [3.63, 3.8) is 0 Å². The Labute approximate surface area is 149 Å². The number of esters is 1. The van der Waals surface area contributed by atoms with Crippen molar-refractivity contribution in [2.24, 2.45) is 0 Å². The normalized spacial score (nSPS) is 15.2. The Morgan fingerprint density at radius 1 is 0.923 bits per heavy atom. The molecule has 0 spiro atoms. The van der Waals surface area contributed by atoms with Crippen molar-refractivity contribution < 1.29 is 14.5 Å². The van der Waals surface area contributed by atoms with Gasteiger partial charge in [0.25, 0.3) is 5.69 Å². The number of hydrogen-bond donors (Lipinski definition) is 0. The van der Waals surface area contributed by atoms with Gasteiger partial charge in [-0.25, -0.2) is 4.79 Å². The number of nitrogens with zero attached hydrogens (tertiary/aromatic N) is 1. The first-order valence-corrected chi connectivity index (χ1v) is 8.00. The average molecular weight is 343 g/mol. The first-order valence-electron chi connectivity index (χ1n) is 8.00. The lowest BCUT2D eigenvalue weighted by molar-refractivity contribution is -0.384. The highest BCUT2D eigenvalue weighted by molar-refractivity contribution is 6.07. The molecular weight excluding hydrogens is 330 g/mol. The first kappa shape index (κ1) is 15.8. The van der Waals surface area contributed by atoms with Crippen LogP contribution in [0.15, 0.2) is 78.4 Å². The van der Waals surface area contributed by atoms with Gasteiger partial charge in [-0.1, -0.05) is 42.5 Å². The topological polar surface area (TPSA) is 69.4 Å². The minimum absolute atomic E-state index is 0.00753. The second kappa shape index (κ2) is 6.29. The van der Waals surface area contributed by atoms with E-state index in [4.69, 9.17) is 4.74 Å². The van der Waals surface area contributed by atoms with Crippen molar-refractivity contribution in [2.45, 2.75) is 0 Å². The Kier molecular flexibility index (Phi) is 3.82. The third kappa shape index (κ3) is 2.86. The summed E-state index contributed by atoms with van der Waals surface area (Å²) >= 11 is 0. The molecule has 0 atom stereocenters. The Morgan fingerprint density at radius 2 is 1.65 bits per heavy atom.